The Bertz CT molecular complexity index is 1180. The third-order valence-electron chi connectivity index (χ3n) is 6.18. The lowest BCUT2D eigenvalue weighted by molar-refractivity contribution is -0.177. The van der Waals surface area contributed by atoms with Gasteiger partial charge in [-0.1, -0.05) is 59.6 Å². The molecule has 1 saturated heterocycles. The van der Waals surface area contributed by atoms with E-state index in [1.807, 2.05) is 73.7 Å². The number of ether oxygens (including phenoxy) is 1. The number of amides is 2. The molecular weight excluding hydrogens is 412 g/mol. The van der Waals surface area contributed by atoms with E-state index in [1.165, 1.54) is 0 Å². The maximum absolute atomic E-state index is 13.3. The normalized spacial score (nSPS) is 22.4. The summed E-state index contributed by atoms with van der Waals surface area (Å²) in [6.07, 6.45) is -0.825. The molecule has 0 unspecified atom stereocenters. The first-order valence-electron chi connectivity index (χ1n) is 10.1. The van der Waals surface area contributed by atoms with E-state index in [2.05, 4.69) is 0 Å². The van der Waals surface area contributed by atoms with E-state index in [-0.39, 0.29) is 18.4 Å². The summed E-state index contributed by atoms with van der Waals surface area (Å²) in [7, 11) is 1.72. The Morgan fingerprint density at radius 3 is 2.42 bits per heavy atom. The molecule has 156 valence electrons. The number of hydrogen-bond donors (Lipinski definition) is 0. The molecule has 3 aromatic rings. The Balaban J connectivity index is 1.76. The monoisotopic (exact) mass is 432 g/mol. The standard InChI is InChI=1S/C25H21ClN2O3/c1-16-8-11-19(12-9-16)31-23-24(30)28-15-22(29)27(2)21-13-10-18(26)14-20(21)25(23,28)17-6-4-3-5-7-17/h3-14,23H,15H2,1-2H3/t23-,25+/m1/s1. The van der Waals surface area contributed by atoms with Gasteiger partial charge < -0.3 is 14.5 Å². The van der Waals surface area contributed by atoms with Crippen LogP contribution in [-0.2, 0) is 15.1 Å². The van der Waals surface area contributed by atoms with E-state index in [4.69, 9.17) is 16.3 Å². The van der Waals surface area contributed by atoms with Gasteiger partial charge >= 0.3 is 0 Å². The largest absolute Gasteiger partial charge is 0.477 e. The third-order valence-corrected chi connectivity index (χ3v) is 6.42. The average Bonchev–Trinajstić information content (AvgIpc) is 2.86. The van der Waals surface area contributed by atoms with Crippen LogP contribution >= 0.6 is 11.6 Å². The van der Waals surface area contributed by atoms with Crippen molar-refractivity contribution in [2.24, 2.45) is 0 Å². The summed E-state index contributed by atoms with van der Waals surface area (Å²) in [4.78, 5) is 29.5. The molecule has 5 rings (SSSR count). The van der Waals surface area contributed by atoms with Crippen LogP contribution in [0.1, 0.15) is 16.7 Å². The number of hydrogen-bond acceptors (Lipinski definition) is 3. The van der Waals surface area contributed by atoms with Gasteiger partial charge in [0.05, 0.1) is 0 Å². The zero-order chi connectivity index (χ0) is 21.8. The number of fused-ring (bicyclic) bond motifs is 3. The second kappa shape index (κ2) is 7.13. The highest BCUT2D eigenvalue weighted by Gasteiger charge is 2.66. The second-order valence-corrected chi connectivity index (χ2v) is 8.42. The number of β-lactam (4-membered cyclic amide) rings is 1. The SMILES string of the molecule is Cc1ccc(O[C@@H]2C(=O)N3CC(=O)N(C)c4ccc(Cl)cc4[C@@]23c2ccccc2)cc1. The van der Waals surface area contributed by atoms with Crippen molar-refractivity contribution in [1.82, 2.24) is 4.90 Å². The molecule has 2 aliphatic heterocycles. The van der Waals surface area contributed by atoms with E-state index < -0.39 is 11.6 Å². The van der Waals surface area contributed by atoms with Gasteiger partial charge in [0, 0.05) is 23.3 Å². The molecule has 6 heteroatoms. The van der Waals surface area contributed by atoms with Crippen LogP contribution in [0.2, 0.25) is 5.02 Å². The summed E-state index contributed by atoms with van der Waals surface area (Å²) in [6, 6.07) is 22.7. The fourth-order valence-electron chi connectivity index (χ4n) is 4.58. The minimum atomic E-state index is -0.968. The number of likely N-dealkylation sites (N-methyl/N-ethyl adjacent to an activating group) is 1. The highest BCUT2D eigenvalue weighted by atomic mass is 35.5. The molecule has 2 amide bonds. The number of carbonyl (C=O) groups is 2. The molecule has 0 N–H and O–H groups in total. The fourth-order valence-corrected chi connectivity index (χ4v) is 4.76. The van der Waals surface area contributed by atoms with Crippen molar-refractivity contribution >= 4 is 29.1 Å². The van der Waals surface area contributed by atoms with Crippen molar-refractivity contribution in [2.75, 3.05) is 18.5 Å². The summed E-state index contributed by atoms with van der Waals surface area (Å²) in [5.41, 5.74) is 2.50. The second-order valence-electron chi connectivity index (χ2n) is 7.98. The quantitative estimate of drug-likeness (QED) is 0.584. The fraction of sp³-hybridized carbons (Fsp3) is 0.200. The Labute approximate surface area is 185 Å². The van der Waals surface area contributed by atoms with Gasteiger partial charge in [-0.15, -0.1) is 0 Å². The first kappa shape index (κ1) is 19.6. The summed E-state index contributed by atoms with van der Waals surface area (Å²) in [6.45, 7) is 1.96. The number of benzene rings is 3. The van der Waals surface area contributed by atoms with Crippen LogP contribution in [0.4, 0.5) is 5.69 Å². The van der Waals surface area contributed by atoms with Gasteiger partial charge in [-0.05, 0) is 42.8 Å². The summed E-state index contributed by atoms with van der Waals surface area (Å²) >= 11 is 6.41. The number of carbonyl (C=O) groups excluding carboxylic acids is 2. The minimum Gasteiger partial charge on any atom is -0.477 e. The van der Waals surface area contributed by atoms with Crippen LogP contribution in [0.25, 0.3) is 0 Å². The van der Waals surface area contributed by atoms with Crippen LogP contribution in [0, 0.1) is 6.92 Å². The van der Waals surface area contributed by atoms with Gasteiger partial charge in [0.2, 0.25) is 12.0 Å². The molecule has 5 nitrogen and oxygen atoms in total. The van der Waals surface area contributed by atoms with Crippen LogP contribution in [-0.4, -0.2) is 36.4 Å². The van der Waals surface area contributed by atoms with Crippen LogP contribution in [0.5, 0.6) is 5.75 Å². The number of aryl methyl sites for hydroxylation is 1. The first-order chi connectivity index (χ1) is 14.9. The molecule has 3 aromatic carbocycles. The lowest BCUT2D eigenvalue weighted by atomic mass is 9.69. The Hall–Kier alpha value is -3.31. The summed E-state index contributed by atoms with van der Waals surface area (Å²) in [5, 5.41) is 0.533. The average molecular weight is 433 g/mol. The highest BCUT2D eigenvalue weighted by Crippen LogP contribution is 2.53. The molecular formula is C25H21ClN2O3. The highest BCUT2D eigenvalue weighted by molar-refractivity contribution is 6.30. The Morgan fingerprint density at radius 1 is 1.00 bits per heavy atom. The summed E-state index contributed by atoms with van der Waals surface area (Å²) in [5.74, 6) is 0.217. The van der Waals surface area contributed by atoms with Gasteiger partial charge in [-0.25, -0.2) is 0 Å². The minimum absolute atomic E-state index is 0.0374. The van der Waals surface area contributed by atoms with Gasteiger partial charge in [-0.3, -0.25) is 9.59 Å². The molecule has 0 aliphatic carbocycles. The smallest absolute Gasteiger partial charge is 0.268 e. The molecule has 0 aromatic heterocycles. The van der Waals surface area contributed by atoms with E-state index in [0.29, 0.717) is 16.5 Å². The summed E-state index contributed by atoms with van der Waals surface area (Å²) < 4.78 is 6.30. The number of halogens is 1. The third kappa shape index (κ3) is 2.84. The lowest BCUT2D eigenvalue weighted by Gasteiger charge is -2.56. The van der Waals surface area contributed by atoms with Gasteiger partial charge in [-0.2, -0.15) is 0 Å². The molecule has 0 spiro atoms. The Kier molecular flexibility index (Phi) is 4.52. The Morgan fingerprint density at radius 2 is 1.71 bits per heavy atom. The van der Waals surface area contributed by atoms with E-state index in [1.54, 1.807) is 22.9 Å². The van der Waals surface area contributed by atoms with E-state index in [9.17, 15) is 9.59 Å². The van der Waals surface area contributed by atoms with Crippen LogP contribution in [0.15, 0.2) is 72.8 Å². The lowest BCUT2D eigenvalue weighted by Crippen LogP contribution is -2.74. The topological polar surface area (TPSA) is 49.9 Å². The zero-order valence-electron chi connectivity index (χ0n) is 17.2. The molecule has 0 radical (unpaired) electrons. The van der Waals surface area contributed by atoms with Crippen molar-refractivity contribution in [1.29, 1.82) is 0 Å². The van der Waals surface area contributed by atoms with E-state index >= 15 is 0 Å². The van der Waals surface area contributed by atoms with Crippen molar-refractivity contribution < 1.29 is 14.3 Å². The molecule has 2 heterocycles. The van der Waals surface area contributed by atoms with Crippen molar-refractivity contribution in [3.8, 4) is 5.75 Å². The zero-order valence-corrected chi connectivity index (χ0v) is 18.0. The van der Waals surface area contributed by atoms with Crippen molar-refractivity contribution in [3.63, 3.8) is 0 Å². The van der Waals surface area contributed by atoms with Crippen LogP contribution in [0.3, 0.4) is 0 Å². The van der Waals surface area contributed by atoms with E-state index in [0.717, 1.165) is 16.7 Å². The predicted octanol–water partition coefficient (Wildman–Crippen LogP) is 4.16. The van der Waals surface area contributed by atoms with Gasteiger partial charge in [0.25, 0.3) is 5.91 Å². The molecule has 2 aliphatic rings. The maximum Gasteiger partial charge on any atom is 0.268 e. The van der Waals surface area contributed by atoms with Gasteiger partial charge in [0.1, 0.15) is 17.8 Å². The van der Waals surface area contributed by atoms with Crippen molar-refractivity contribution in [3.05, 3.63) is 94.5 Å². The molecule has 1 fully saturated rings. The predicted molar refractivity (Wildman–Crippen MR) is 119 cm³/mol. The van der Waals surface area contributed by atoms with Gasteiger partial charge in [0.15, 0.2) is 0 Å². The molecule has 31 heavy (non-hydrogen) atoms. The maximum atomic E-state index is 13.3. The number of rotatable bonds is 3. The van der Waals surface area contributed by atoms with Crippen LogP contribution < -0.4 is 9.64 Å². The molecule has 2 atom stereocenters. The first-order valence-corrected chi connectivity index (χ1v) is 10.5. The molecule has 0 bridgehead atoms. The number of anilines is 1. The number of nitrogens with zero attached hydrogens (tertiary/aromatic N) is 2. The molecule has 0 saturated carbocycles. The van der Waals surface area contributed by atoms with Crippen molar-refractivity contribution in [2.45, 2.75) is 18.6 Å².